The maximum atomic E-state index is 11.7. The number of hydrogen-bond donors (Lipinski definition) is 3. The Kier molecular flexibility index (Phi) is 5.70. The number of nitrogens with two attached hydrogens (primary N) is 2. The highest BCUT2D eigenvalue weighted by atomic mass is 16.4. The second kappa shape index (κ2) is 8.54. The van der Waals surface area contributed by atoms with Gasteiger partial charge in [0.1, 0.15) is 0 Å². The quantitative estimate of drug-likeness (QED) is 0.370. The lowest BCUT2D eigenvalue weighted by atomic mass is 10.1. The van der Waals surface area contributed by atoms with Crippen LogP contribution in [0.5, 0.6) is 0 Å². The number of para-hydroxylation sites is 1. The Morgan fingerprint density at radius 3 is 2.50 bits per heavy atom. The average Bonchev–Trinajstić information content (AvgIpc) is 2.73. The van der Waals surface area contributed by atoms with Gasteiger partial charge in [0.25, 0.3) is 0 Å². The van der Waals surface area contributed by atoms with E-state index >= 15 is 0 Å². The maximum Gasteiger partial charge on any atom is 0.337 e. The van der Waals surface area contributed by atoms with Crippen LogP contribution in [0.4, 0.5) is 5.69 Å². The van der Waals surface area contributed by atoms with Gasteiger partial charge in [-0.2, -0.15) is 0 Å². The molecule has 6 nitrogen and oxygen atoms in total. The zero-order chi connectivity index (χ0) is 19.9. The first-order valence-electron chi connectivity index (χ1n) is 8.41. The number of carboxylic acids is 1. The van der Waals surface area contributed by atoms with E-state index in [9.17, 15) is 9.90 Å². The van der Waals surface area contributed by atoms with E-state index in [2.05, 4.69) is 16.8 Å². The molecule has 0 aliphatic carbocycles. The van der Waals surface area contributed by atoms with E-state index in [-0.39, 0.29) is 11.3 Å². The van der Waals surface area contributed by atoms with Crippen LogP contribution in [0.15, 0.2) is 79.3 Å². The van der Waals surface area contributed by atoms with Crippen molar-refractivity contribution in [2.24, 2.45) is 11.6 Å². The van der Waals surface area contributed by atoms with Gasteiger partial charge in [0, 0.05) is 29.7 Å². The standard InChI is InChI=1S/C22H18N4O2/c23-20(18-9-5-13-25-14-18)15-26(24)21-17(8-4-10-19(21)22(27)28)12-11-16-6-2-1-3-7-16/h1-10,13-15H,23-24H2,(H,27,28)/b20-15-. The number of rotatable bonds is 4. The number of hydrogen-bond acceptors (Lipinski definition) is 5. The lowest BCUT2D eigenvalue weighted by Gasteiger charge is -2.19. The monoisotopic (exact) mass is 370 g/mol. The Bertz CT molecular complexity index is 1070. The van der Waals surface area contributed by atoms with Crippen LogP contribution in [0.1, 0.15) is 27.0 Å². The average molecular weight is 370 g/mol. The molecule has 0 amide bonds. The van der Waals surface area contributed by atoms with Gasteiger partial charge in [-0.25, -0.2) is 10.6 Å². The number of nitrogens with zero attached hydrogens (tertiary/aromatic N) is 2. The molecule has 0 bridgehead atoms. The molecular formula is C22H18N4O2. The second-order valence-corrected chi connectivity index (χ2v) is 5.86. The van der Waals surface area contributed by atoms with Crippen molar-refractivity contribution in [1.29, 1.82) is 0 Å². The van der Waals surface area contributed by atoms with Crippen LogP contribution < -0.4 is 16.6 Å². The highest BCUT2D eigenvalue weighted by molar-refractivity contribution is 5.96. The van der Waals surface area contributed by atoms with Crippen molar-refractivity contribution in [2.45, 2.75) is 0 Å². The SMILES string of the molecule is N/C(=C\N(N)c1c(C#Cc2ccccc2)cccc1C(=O)O)c1cccnc1. The molecule has 1 aromatic heterocycles. The minimum absolute atomic E-state index is 0.0256. The minimum Gasteiger partial charge on any atom is -0.478 e. The van der Waals surface area contributed by atoms with E-state index in [0.717, 1.165) is 5.56 Å². The van der Waals surface area contributed by atoms with Gasteiger partial charge in [-0.05, 0) is 36.4 Å². The van der Waals surface area contributed by atoms with E-state index in [4.69, 9.17) is 11.6 Å². The zero-order valence-electron chi connectivity index (χ0n) is 14.9. The molecule has 5 N–H and O–H groups in total. The van der Waals surface area contributed by atoms with Gasteiger partial charge in [-0.1, -0.05) is 36.1 Å². The van der Waals surface area contributed by atoms with Gasteiger partial charge in [-0.3, -0.25) is 9.99 Å². The molecule has 0 unspecified atom stereocenters. The van der Waals surface area contributed by atoms with Crippen molar-refractivity contribution in [3.63, 3.8) is 0 Å². The fraction of sp³-hybridized carbons (Fsp3) is 0. The van der Waals surface area contributed by atoms with Crippen LogP contribution >= 0.6 is 0 Å². The van der Waals surface area contributed by atoms with Gasteiger partial charge in [0.05, 0.1) is 22.5 Å². The first kappa shape index (κ1) is 18.7. The number of carboxylic acid groups (broad SMARTS) is 1. The summed E-state index contributed by atoms with van der Waals surface area (Å²) in [5.74, 6) is 11.1. The number of aromatic carboxylic acids is 1. The molecule has 0 aliphatic rings. The van der Waals surface area contributed by atoms with Crippen LogP contribution in [0.25, 0.3) is 5.70 Å². The van der Waals surface area contributed by atoms with Crippen LogP contribution in [-0.4, -0.2) is 16.1 Å². The van der Waals surface area contributed by atoms with Crippen LogP contribution in [0.3, 0.4) is 0 Å². The lowest BCUT2D eigenvalue weighted by molar-refractivity contribution is 0.0697. The molecule has 3 aromatic rings. The summed E-state index contributed by atoms with van der Waals surface area (Å²) >= 11 is 0. The van der Waals surface area contributed by atoms with E-state index in [1.807, 2.05) is 30.3 Å². The summed E-state index contributed by atoms with van der Waals surface area (Å²) in [7, 11) is 0. The van der Waals surface area contributed by atoms with Crippen molar-refractivity contribution in [3.8, 4) is 11.8 Å². The van der Waals surface area contributed by atoms with E-state index in [0.29, 0.717) is 16.8 Å². The predicted molar refractivity (Wildman–Crippen MR) is 109 cm³/mol. The van der Waals surface area contributed by atoms with Crippen LogP contribution in [-0.2, 0) is 0 Å². The van der Waals surface area contributed by atoms with Crippen molar-refractivity contribution in [2.75, 3.05) is 5.01 Å². The van der Waals surface area contributed by atoms with Gasteiger partial charge in [0.15, 0.2) is 0 Å². The largest absolute Gasteiger partial charge is 0.478 e. The van der Waals surface area contributed by atoms with Gasteiger partial charge in [0.2, 0.25) is 0 Å². The second-order valence-electron chi connectivity index (χ2n) is 5.86. The van der Waals surface area contributed by atoms with Gasteiger partial charge in [-0.15, -0.1) is 0 Å². The van der Waals surface area contributed by atoms with Crippen molar-refractivity contribution in [3.05, 3.63) is 102 Å². The summed E-state index contributed by atoms with van der Waals surface area (Å²) in [4.78, 5) is 15.7. The number of benzene rings is 2. The minimum atomic E-state index is -1.11. The van der Waals surface area contributed by atoms with E-state index in [1.54, 1.807) is 36.7 Å². The van der Waals surface area contributed by atoms with Crippen molar-refractivity contribution in [1.82, 2.24) is 4.98 Å². The van der Waals surface area contributed by atoms with Gasteiger partial charge < -0.3 is 10.8 Å². The van der Waals surface area contributed by atoms with Crippen LogP contribution in [0, 0.1) is 11.8 Å². The molecule has 0 spiro atoms. The Hall–Kier alpha value is -4.08. The predicted octanol–water partition coefficient (Wildman–Crippen LogP) is 2.82. The number of anilines is 1. The summed E-state index contributed by atoms with van der Waals surface area (Å²) in [6, 6.07) is 17.7. The number of hydrazine groups is 1. The normalized spacial score (nSPS) is 10.7. The molecule has 0 radical (unpaired) electrons. The molecule has 3 rings (SSSR count). The molecular weight excluding hydrogens is 352 g/mol. The third kappa shape index (κ3) is 4.36. The molecule has 0 saturated carbocycles. The topological polar surface area (TPSA) is 105 Å². The molecule has 2 aromatic carbocycles. The Morgan fingerprint density at radius 1 is 1.04 bits per heavy atom. The third-order valence-electron chi connectivity index (χ3n) is 3.91. The smallest absolute Gasteiger partial charge is 0.337 e. The maximum absolute atomic E-state index is 11.7. The Morgan fingerprint density at radius 2 is 1.82 bits per heavy atom. The molecule has 0 fully saturated rings. The summed E-state index contributed by atoms with van der Waals surface area (Å²) in [5.41, 5.74) is 8.67. The summed E-state index contributed by atoms with van der Waals surface area (Å²) < 4.78 is 0. The Labute approximate surface area is 162 Å². The van der Waals surface area contributed by atoms with E-state index < -0.39 is 5.97 Å². The van der Waals surface area contributed by atoms with Crippen molar-refractivity contribution < 1.29 is 9.90 Å². The third-order valence-corrected chi connectivity index (χ3v) is 3.91. The summed E-state index contributed by atoms with van der Waals surface area (Å²) in [5, 5.41) is 10.8. The summed E-state index contributed by atoms with van der Waals surface area (Å²) in [6.07, 6.45) is 4.68. The van der Waals surface area contributed by atoms with Gasteiger partial charge >= 0.3 is 5.97 Å². The fourth-order valence-electron chi connectivity index (χ4n) is 2.58. The number of carbonyl (C=O) groups is 1. The molecule has 0 aliphatic heterocycles. The highest BCUT2D eigenvalue weighted by Crippen LogP contribution is 2.25. The van der Waals surface area contributed by atoms with Crippen molar-refractivity contribution >= 4 is 17.4 Å². The lowest BCUT2D eigenvalue weighted by Crippen LogP contribution is -2.28. The molecule has 28 heavy (non-hydrogen) atoms. The number of pyridine rings is 1. The Balaban J connectivity index is 2.05. The molecule has 6 heteroatoms. The zero-order valence-corrected chi connectivity index (χ0v) is 14.9. The number of aromatic nitrogens is 1. The highest BCUT2D eigenvalue weighted by Gasteiger charge is 2.17. The first-order chi connectivity index (χ1) is 13.6. The molecule has 0 atom stereocenters. The molecule has 0 saturated heterocycles. The molecule has 1 heterocycles. The molecule has 138 valence electrons. The fourth-order valence-corrected chi connectivity index (χ4v) is 2.58. The first-order valence-corrected chi connectivity index (χ1v) is 8.41. The summed E-state index contributed by atoms with van der Waals surface area (Å²) in [6.45, 7) is 0. The van der Waals surface area contributed by atoms with Crippen LogP contribution in [0.2, 0.25) is 0 Å². The van der Waals surface area contributed by atoms with E-state index in [1.165, 1.54) is 17.3 Å².